The molecule has 158 valence electrons. The van der Waals surface area contributed by atoms with Gasteiger partial charge in [-0.3, -0.25) is 4.79 Å². The van der Waals surface area contributed by atoms with Crippen molar-refractivity contribution in [3.8, 4) is 5.75 Å². The third kappa shape index (κ3) is 4.15. The van der Waals surface area contributed by atoms with Crippen LogP contribution in [-0.4, -0.2) is 34.7 Å². The standard InChI is InChI=1S/C26H31NO3/c1-2-30-23-14-7-6-12-21(23)25-22-13-8-9-17-26(22,29)18-19-27(25)24(28)16-15-20-10-4-3-5-11-20/h3-7,10-12,14-16,22,25,29H,2,8-9,13,17-19H2,1H3/b16-15+/t22-,25-,26+/m0/s1. The molecule has 4 rings (SSSR count). The highest BCUT2D eigenvalue weighted by Crippen LogP contribution is 2.50. The summed E-state index contributed by atoms with van der Waals surface area (Å²) in [5, 5.41) is 11.5. The van der Waals surface area contributed by atoms with Gasteiger partial charge in [0.25, 0.3) is 0 Å². The lowest BCUT2D eigenvalue weighted by Crippen LogP contribution is -2.56. The number of carbonyl (C=O) groups excluding carboxylic acids is 1. The number of ether oxygens (including phenoxy) is 1. The highest BCUT2D eigenvalue weighted by Gasteiger charge is 2.50. The first-order chi connectivity index (χ1) is 14.6. The third-order valence-corrected chi connectivity index (χ3v) is 6.61. The highest BCUT2D eigenvalue weighted by molar-refractivity contribution is 5.92. The number of hydrogen-bond acceptors (Lipinski definition) is 3. The van der Waals surface area contributed by atoms with Crippen LogP contribution in [0.5, 0.6) is 5.75 Å². The number of aliphatic hydroxyl groups is 1. The second-order valence-electron chi connectivity index (χ2n) is 8.40. The van der Waals surface area contributed by atoms with Crippen molar-refractivity contribution in [1.29, 1.82) is 0 Å². The van der Waals surface area contributed by atoms with Gasteiger partial charge in [-0.05, 0) is 43.9 Å². The number of rotatable bonds is 5. The molecule has 1 amide bonds. The van der Waals surface area contributed by atoms with Gasteiger partial charge in [-0.2, -0.15) is 0 Å². The van der Waals surface area contributed by atoms with Crippen molar-refractivity contribution < 1.29 is 14.6 Å². The van der Waals surface area contributed by atoms with Crippen LogP contribution in [0.3, 0.4) is 0 Å². The number of carbonyl (C=O) groups is 1. The van der Waals surface area contributed by atoms with Gasteiger partial charge in [-0.1, -0.05) is 61.4 Å². The summed E-state index contributed by atoms with van der Waals surface area (Å²) in [6, 6.07) is 17.7. The molecule has 2 aliphatic rings. The lowest BCUT2D eigenvalue weighted by molar-refractivity contribution is -0.151. The largest absolute Gasteiger partial charge is 0.494 e. The van der Waals surface area contributed by atoms with E-state index >= 15 is 0 Å². The van der Waals surface area contributed by atoms with Crippen LogP contribution in [0.25, 0.3) is 6.08 Å². The molecule has 1 saturated heterocycles. The van der Waals surface area contributed by atoms with Gasteiger partial charge in [-0.25, -0.2) is 0 Å². The number of para-hydroxylation sites is 1. The van der Waals surface area contributed by atoms with Crippen LogP contribution < -0.4 is 4.74 Å². The number of benzene rings is 2. The maximum absolute atomic E-state index is 13.3. The van der Waals surface area contributed by atoms with E-state index in [0.29, 0.717) is 19.6 Å². The fraction of sp³-hybridized carbons (Fsp3) is 0.423. The molecule has 1 saturated carbocycles. The number of hydrogen-bond donors (Lipinski definition) is 1. The first kappa shape index (κ1) is 20.7. The van der Waals surface area contributed by atoms with Crippen LogP contribution in [0.4, 0.5) is 0 Å². The number of likely N-dealkylation sites (tertiary alicyclic amines) is 1. The SMILES string of the molecule is CCOc1ccccc1[C@H]1[C@@H]2CCCC[C@@]2(O)CCN1C(=O)/C=C/c1ccccc1. The summed E-state index contributed by atoms with van der Waals surface area (Å²) in [7, 11) is 0. The Morgan fingerprint density at radius 1 is 1.13 bits per heavy atom. The summed E-state index contributed by atoms with van der Waals surface area (Å²) in [5.74, 6) is 0.822. The molecule has 0 radical (unpaired) electrons. The fourth-order valence-electron chi connectivity index (χ4n) is 5.15. The molecule has 0 bridgehead atoms. The van der Waals surface area contributed by atoms with Crippen molar-refractivity contribution in [2.45, 2.75) is 50.7 Å². The number of piperidine rings is 1. The Kier molecular flexibility index (Phi) is 6.24. The summed E-state index contributed by atoms with van der Waals surface area (Å²) in [5.41, 5.74) is 1.30. The van der Waals surface area contributed by atoms with Gasteiger partial charge >= 0.3 is 0 Å². The smallest absolute Gasteiger partial charge is 0.247 e. The minimum Gasteiger partial charge on any atom is -0.494 e. The normalized spacial score (nSPS) is 26.4. The van der Waals surface area contributed by atoms with Gasteiger partial charge in [0.05, 0.1) is 18.2 Å². The summed E-state index contributed by atoms with van der Waals surface area (Å²) in [4.78, 5) is 15.3. The predicted molar refractivity (Wildman–Crippen MR) is 119 cm³/mol. The summed E-state index contributed by atoms with van der Waals surface area (Å²) in [6.45, 7) is 3.09. The van der Waals surface area contributed by atoms with Crippen molar-refractivity contribution in [3.05, 3.63) is 71.8 Å². The topological polar surface area (TPSA) is 49.8 Å². The van der Waals surface area contributed by atoms with E-state index in [9.17, 15) is 9.90 Å². The molecule has 2 aromatic carbocycles. The Bertz CT molecular complexity index is 894. The highest BCUT2D eigenvalue weighted by atomic mass is 16.5. The zero-order chi connectivity index (χ0) is 21.0. The van der Waals surface area contributed by atoms with E-state index in [4.69, 9.17) is 4.74 Å². The molecule has 0 unspecified atom stereocenters. The minimum absolute atomic E-state index is 0.0113. The maximum atomic E-state index is 13.3. The molecule has 1 aliphatic heterocycles. The Morgan fingerprint density at radius 2 is 1.90 bits per heavy atom. The van der Waals surface area contributed by atoms with Gasteiger partial charge in [0.15, 0.2) is 0 Å². The first-order valence-corrected chi connectivity index (χ1v) is 11.1. The second kappa shape index (κ2) is 9.05. The second-order valence-corrected chi connectivity index (χ2v) is 8.40. The quantitative estimate of drug-likeness (QED) is 0.713. The van der Waals surface area contributed by atoms with Crippen molar-refractivity contribution in [2.75, 3.05) is 13.2 Å². The van der Waals surface area contributed by atoms with E-state index in [0.717, 1.165) is 42.6 Å². The molecular weight excluding hydrogens is 374 g/mol. The van der Waals surface area contributed by atoms with Crippen LogP contribution in [0.15, 0.2) is 60.7 Å². The molecule has 3 atom stereocenters. The van der Waals surface area contributed by atoms with E-state index in [1.165, 1.54) is 0 Å². The van der Waals surface area contributed by atoms with E-state index in [1.54, 1.807) is 6.08 Å². The summed E-state index contributed by atoms with van der Waals surface area (Å²) >= 11 is 0. The molecule has 1 heterocycles. The van der Waals surface area contributed by atoms with Gasteiger partial charge in [0.1, 0.15) is 5.75 Å². The summed E-state index contributed by atoms with van der Waals surface area (Å²) in [6.07, 6.45) is 8.04. The van der Waals surface area contributed by atoms with Crippen molar-refractivity contribution in [3.63, 3.8) is 0 Å². The van der Waals surface area contributed by atoms with Crippen LogP contribution in [-0.2, 0) is 4.79 Å². The van der Waals surface area contributed by atoms with Crippen LogP contribution in [0.2, 0.25) is 0 Å². The maximum Gasteiger partial charge on any atom is 0.247 e. The molecule has 1 N–H and O–H groups in total. The van der Waals surface area contributed by atoms with E-state index < -0.39 is 5.60 Å². The zero-order valence-electron chi connectivity index (χ0n) is 17.7. The van der Waals surface area contributed by atoms with Crippen molar-refractivity contribution in [1.82, 2.24) is 4.90 Å². The average molecular weight is 406 g/mol. The Hall–Kier alpha value is -2.59. The van der Waals surface area contributed by atoms with Gasteiger partial charge in [-0.15, -0.1) is 0 Å². The molecule has 30 heavy (non-hydrogen) atoms. The Morgan fingerprint density at radius 3 is 2.70 bits per heavy atom. The predicted octanol–water partition coefficient (Wildman–Crippen LogP) is 4.99. The van der Waals surface area contributed by atoms with E-state index in [2.05, 4.69) is 6.07 Å². The summed E-state index contributed by atoms with van der Waals surface area (Å²) < 4.78 is 5.92. The Balaban J connectivity index is 1.70. The molecule has 4 nitrogen and oxygen atoms in total. The van der Waals surface area contributed by atoms with Gasteiger partial charge in [0.2, 0.25) is 5.91 Å². The molecule has 2 fully saturated rings. The lowest BCUT2D eigenvalue weighted by atomic mass is 9.66. The monoisotopic (exact) mass is 405 g/mol. The van der Waals surface area contributed by atoms with Crippen molar-refractivity contribution in [2.24, 2.45) is 5.92 Å². The van der Waals surface area contributed by atoms with E-state index in [1.807, 2.05) is 66.4 Å². The molecule has 4 heteroatoms. The Labute approximate surface area is 179 Å². The lowest BCUT2D eigenvalue weighted by Gasteiger charge is -2.52. The van der Waals surface area contributed by atoms with Crippen LogP contribution in [0.1, 0.15) is 56.2 Å². The van der Waals surface area contributed by atoms with Crippen LogP contribution in [0, 0.1) is 5.92 Å². The van der Waals surface area contributed by atoms with E-state index in [-0.39, 0.29) is 17.9 Å². The van der Waals surface area contributed by atoms with Gasteiger partial charge < -0.3 is 14.7 Å². The molecule has 0 aromatic heterocycles. The molecule has 0 spiro atoms. The molecule has 1 aliphatic carbocycles. The number of fused-ring (bicyclic) bond motifs is 1. The fourth-order valence-corrected chi connectivity index (χ4v) is 5.15. The molecular formula is C26H31NO3. The minimum atomic E-state index is -0.706. The van der Waals surface area contributed by atoms with Crippen molar-refractivity contribution >= 4 is 12.0 Å². The number of nitrogens with zero attached hydrogens (tertiary/aromatic N) is 1. The molecule has 2 aromatic rings. The van der Waals surface area contributed by atoms with Gasteiger partial charge in [0, 0.05) is 24.1 Å². The third-order valence-electron chi connectivity index (χ3n) is 6.61. The average Bonchev–Trinajstić information content (AvgIpc) is 2.78. The van der Waals surface area contributed by atoms with Crippen LogP contribution >= 0.6 is 0 Å². The number of amides is 1. The zero-order valence-corrected chi connectivity index (χ0v) is 17.7. The first-order valence-electron chi connectivity index (χ1n) is 11.1.